The Morgan fingerprint density at radius 1 is 1.00 bits per heavy atom. The highest BCUT2D eigenvalue weighted by molar-refractivity contribution is 7.99. The maximum Gasteiger partial charge on any atom is 0.101 e. The zero-order valence-corrected chi connectivity index (χ0v) is 11.4. The zero-order valence-electron chi connectivity index (χ0n) is 9.88. The highest BCUT2D eigenvalue weighted by Crippen LogP contribution is 2.34. The molecule has 0 fully saturated rings. The van der Waals surface area contributed by atoms with Crippen molar-refractivity contribution >= 4 is 39.8 Å². The minimum absolute atomic E-state index is 0.635. The van der Waals surface area contributed by atoms with Gasteiger partial charge < -0.3 is 5.73 Å². The van der Waals surface area contributed by atoms with E-state index in [0.29, 0.717) is 5.02 Å². The third kappa shape index (κ3) is 2.50. The average Bonchev–Trinajstić information content (AvgIpc) is 2.45. The number of nitrogen functional groups attached to an aromatic ring is 1. The van der Waals surface area contributed by atoms with Gasteiger partial charge in [0, 0.05) is 39.9 Å². The largest absolute Gasteiger partial charge is 0.398 e. The quantitative estimate of drug-likeness (QED) is 0.723. The predicted molar refractivity (Wildman–Crippen MR) is 79.5 cm³/mol. The van der Waals surface area contributed by atoms with Crippen LogP contribution < -0.4 is 5.73 Å². The van der Waals surface area contributed by atoms with E-state index in [1.165, 1.54) is 0 Å². The number of fused-ring (bicyclic) bond motifs is 1. The SMILES string of the molecule is Nc1ccc(Sc2ccc(Cl)cn2)c2ccncc12. The van der Waals surface area contributed by atoms with Crippen molar-refractivity contribution < 1.29 is 0 Å². The summed E-state index contributed by atoms with van der Waals surface area (Å²) in [6.45, 7) is 0. The Bertz CT molecular complexity index is 728. The molecule has 0 atom stereocenters. The van der Waals surface area contributed by atoms with E-state index < -0.39 is 0 Å². The summed E-state index contributed by atoms with van der Waals surface area (Å²) in [6, 6.07) is 9.58. The molecule has 0 aliphatic rings. The number of rotatable bonds is 2. The normalized spacial score (nSPS) is 10.8. The van der Waals surface area contributed by atoms with Gasteiger partial charge in [-0.15, -0.1) is 0 Å². The van der Waals surface area contributed by atoms with E-state index in [1.54, 1.807) is 30.4 Å². The molecule has 0 unspecified atom stereocenters. The summed E-state index contributed by atoms with van der Waals surface area (Å²) < 4.78 is 0. The van der Waals surface area contributed by atoms with Crippen molar-refractivity contribution in [2.45, 2.75) is 9.92 Å². The summed E-state index contributed by atoms with van der Waals surface area (Å²) in [5, 5.41) is 3.57. The van der Waals surface area contributed by atoms with E-state index in [9.17, 15) is 0 Å². The maximum absolute atomic E-state index is 5.96. The number of nitrogens with two attached hydrogens (primary N) is 1. The second-order valence-corrected chi connectivity index (χ2v) is 5.49. The predicted octanol–water partition coefficient (Wildman–Crippen LogP) is 4.02. The van der Waals surface area contributed by atoms with Crippen LogP contribution in [0.15, 0.2) is 58.8 Å². The van der Waals surface area contributed by atoms with Crippen LogP contribution in [0.25, 0.3) is 10.8 Å². The molecule has 0 saturated carbocycles. The standard InChI is InChI=1S/C14H10ClN3S/c15-9-1-4-14(18-7-9)19-13-3-2-12(16)11-8-17-6-5-10(11)13/h1-8H,16H2. The monoisotopic (exact) mass is 287 g/mol. The molecule has 2 N–H and O–H groups in total. The van der Waals surface area contributed by atoms with Crippen molar-refractivity contribution in [2.75, 3.05) is 5.73 Å². The van der Waals surface area contributed by atoms with E-state index in [1.807, 2.05) is 30.3 Å². The third-order valence-electron chi connectivity index (χ3n) is 2.73. The second kappa shape index (κ2) is 5.07. The van der Waals surface area contributed by atoms with Crippen LogP contribution in [-0.2, 0) is 0 Å². The molecule has 5 heteroatoms. The highest BCUT2D eigenvalue weighted by Gasteiger charge is 2.06. The highest BCUT2D eigenvalue weighted by atomic mass is 35.5. The van der Waals surface area contributed by atoms with E-state index in [2.05, 4.69) is 9.97 Å². The number of pyridine rings is 2. The van der Waals surface area contributed by atoms with Crippen molar-refractivity contribution in [3.05, 3.63) is 53.9 Å². The molecule has 3 aromatic rings. The number of benzene rings is 1. The van der Waals surface area contributed by atoms with Crippen LogP contribution in [0, 0.1) is 0 Å². The lowest BCUT2D eigenvalue weighted by molar-refractivity contribution is 1.13. The summed E-state index contributed by atoms with van der Waals surface area (Å²) in [7, 11) is 0. The molecule has 0 aliphatic carbocycles. The molecule has 0 amide bonds. The van der Waals surface area contributed by atoms with Crippen molar-refractivity contribution in [1.82, 2.24) is 9.97 Å². The second-order valence-electron chi connectivity index (χ2n) is 3.99. The summed E-state index contributed by atoms with van der Waals surface area (Å²) in [5.41, 5.74) is 6.69. The molecule has 1 aromatic carbocycles. The zero-order chi connectivity index (χ0) is 13.2. The lowest BCUT2D eigenvalue weighted by Gasteiger charge is -2.07. The molecule has 0 bridgehead atoms. The van der Waals surface area contributed by atoms with Gasteiger partial charge in [0.05, 0.1) is 5.02 Å². The van der Waals surface area contributed by atoms with Crippen molar-refractivity contribution in [1.29, 1.82) is 0 Å². The van der Waals surface area contributed by atoms with Gasteiger partial charge >= 0.3 is 0 Å². The summed E-state index contributed by atoms with van der Waals surface area (Å²) in [5.74, 6) is 0. The van der Waals surface area contributed by atoms with E-state index in [-0.39, 0.29) is 0 Å². The minimum Gasteiger partial charge on any atom is -0.398 e. The first-order chi connectivity index (χ1) is 9.24. The van der Waals surface area contributed by atoms with Crippen molar-refractivity contribution in [2.24, 2.45) is 0 Å². The Hall–Kier alpha value is -1.78. The molecule has 3 nitrogen and oxygen atoms in total. The molecule has 2 heterocycles. The fourth-order valence-corrected chi connectivity index (χ4v) is 2.81. The van der Waals surface area contributed by atoms with Gasteiger partial charge in [0.25, 0.3) is 0 Å². The van der Waals surface area contributed by atoms with Gasteiger partial charge in [0.2, 0.25) is 0 Å². The van der Waals surface area contributed by atoms with Crippen LogP contribution >= 0.6 is 23.4 Å². The number of halogens is 1. The first kappa shape index (κ1) is 12.3. The van der Waals surface area contributed by atoms with Gasteiger partial charge in [0.1, 0.15) is 5.03 Å². The number of anilines is 1. The molecular weight excluding hydrogens is 278 g/mol. The molecule has 0 saturated heterocycles. The number of nitrogens with zero attached hydrogens (tertiary/aromatic N) is 2. The van der Waals surface area contributed by atoms with Crippen LogP contribution in [0.4, 0.5) is 5.69 Å². The topological polar surface area (TPSA) is 51.8 Å². The molecule has 0 radical (unpaired) electrons. The van der Waals surface area contributed by atoms with Gasteiger partial charge in [-0.2, -0.15) is 0 Å². The number of hydrogen-bond acceptors (Lipinski definition) is 4. The molecule has 19 heavy (non-hydrogen) atoms. The van der Waals surface area contributed by atoms with Gasteiger partial charge in [-0.3, -0.25) is 4.98 Å². The summed E-state index contributed by atoms with van der Waals surface area (Å²) in [4.78, 5) is 9.50. The third-order valence-corrected chi connectivity index (χ3v) is 3.98. The lowest BCUT2D eigenvalue weighted by Crippen LogP contribution is -1.89. The summed E-state index contributed by atoms with van der Waals surface area (Å²) >= 11 is 7.42. The minimum atomic E-state index is 0.635. The molecule has 0 aliphatic heterocycles. The molecular formula is C14H10ClN3S. The van der Waals surface area contributed by atoms with E-state index in [0.717, 1.165) is 26.4 Å². The maximum atomic E-state index is 5.96. The van der Waals surface area contributed by atoms with Crippen molar-refractivity contribution in [3.63, 3.8) is 0 Å². The van der Waals surface area contributed by atoms with Crippen LogP contribution in [0.5, 0.6) is 0 Å². The number of aromatic nitrogens is 2. The van der Waals surface area contributed by atoms with Gasteiger partial charge in [0.15, 0.2) is 0 Å². The molecule has 0 spiro atoms. The van der Waals surface area contributed by atoms with E-state index in [4.69, 9.17) is 17.3 Å². The Morgan fingerprint density at radius 3 is 2.68 bits per heavy atom. The Morgan fingerprint density at radius 2 is 1.89 bits per heavy atom. The first-order valence-corrected chi connectivity index (χ1v) is 6.85. The Balaban J connectivity index is 2.06. The van der Waals surface area contributed by atoms with Crippen LogP contribution in [0.1, 0.15) is 0 Å². The van der Waals surface area contributed by atoms with Gasteiger partial charge in [-0.25, -0.2) is 4.98 Å². The Kier molecular flexibility index (Phi) is 3.27. The average molecular weight is 288 g/mol. The van der Waals surface area contributed by atoms with E-state index >= 15 is 0 Å². The molecule has 3 rings (SSSR count). The van der Waals surface area contributed by atoms with Crippen LogP contribution in [-0.4, -0.2) is 9.97 Å². The lowest BCUT2D eigenvalue weighted by atomic mass is 10.1. The Labute approximate surface area is 119 Å². The van der Waals surface area contributed by atoms with Crippen molar-refractivity contribution in [3.8, 4) is 0 Å². The van der Waals surface area contributed by atoms with Crippen LogP contribution in [0.2, 0.25) is 5.02 Å². The molecule has 94 valence electrons. The fourth-order valence-electron chi connectivity index (χ4n) is 1.81. The molecule has 2 aromatic heterocycles. The first-order valence-electron chi connectivity index (χ1n) is 5.65. The van der Waals surface area contributed by atoms with Gasteiger partial charge in [-0.05, 0) is 30.3 Å². The smallest absolute Gasteiger partial charge is 0.101 e. The summed E-state index contributed by atoms with van der Waals surface area (Å²) in [6.07, 6.45) is 5.19. The van der Waals surface area contributed by atoms with Crippen LogP contribution in [0.3, 0.4) is 0 Å². The fraction of sp³-hybridized carbons (Fsp3) is 0. The van der Waals surface area contributed by atoms with Gasteiger partial charge in [-0.1, -0.05) is 23.4 Å². The number of hydrogen-bond donors (Lipinski definition) is 1.